The zero-order valence-corrected chi connectivity index (χ0v) is 13.0. The molecule has 0 aromatic heterocycles. The molecule has 22 heavy (non-hydrogen) atoms. The van der Waals surface area contributed by atoms with Crippen LogP contribution in [0.15, 0.2) is 29.2 Å². The first-order chi connectivity index (χ1) is 10.3. The van der Waals surface area contributed by atoms with Gasteiger partial charge in [-0.3, -0.25) is 0 Å². The van der Waals surface area contributed by atoms with Crippen LogP contribution in [0.2, 0.25) is 0 Å². The number of rotatable bonds is 5. The van der Waals surface area contributed by atoms with E-state index in [9.17, 15) is 22.3 Å². The van der Waals surface area contributed by atoms with Gasteiger partial charge in [-0.2, -0.15) is 8.78 Å². The summed E-state index contributed by atoms with van der Waals surface area (Å²) >= 11 is 0. The van der Waals surface area contributed by atoms with Crippen molar-refractivity contribution in [2.24, 2.45) is 0 Å². The number of morpholine rings is 1. The highest BCUT2D eigenvalue weighted by Crippen LogP contribution is 2.25. The lowest BCUT2D eigenvalue weighted by Gasteiger charge is -2.38. The molecule has 0 amide bonds. The Hall–Kier alpha value is -1.25. The van der Waals surface area contributed by atoms with E-state index >= 15 is 0 Å². The Morgan fingerprint density at radius 3 is 2.55 bits per heavy atom. The molecule has 1 N–H and O–H groups in total. The lowest BCUT2D eigenvalue weighted by atomic mass is 10.1. The van der Waals surface area contributed by atoms with Crippen LogP contribution in [0.5, 0.6) is 0 Å². The second-order valence-electron chi connectivity index (χ2n) is 5.31. The van der Waals surface area contributed by atoms with E-state index in [1.54, 1.807) is 6.92 Å². The molecule has 0 bridgehead atoms. The maximum absolute atomic E-state index is 12.5. The molecule has 2 atom stereocenters. The number of halogens is 2. The Bertz CT molecular complexity index is 589. The van der Waals surface area contributed by atoms with Crippen molar-refractivity contribution in [2.75, 3.05) is 24.7 Å². The second kappa shape index (κ2) is 6.89. The molecule has 2 unspecified atom stereocenters. The number of nitrogens with zero attached hydrogens (tertiary/aromatic N) is 1. The van der Waals surface area contributed by atoms with Gasteiger partial charge >= 0.3 is 5.76 Å². The summed E-state index contributed by atoms with van der Waals surface area (Å²) in [4.78, 5) is 1.60. The van der Waals surface area contributed by atoms with Crippen LogP contribution in [-0.4, -0.2) is 51.2 Å². The molecular weight excluding hydrogens is 316 g/mol. The summed E-state index contributed by atoms with van der Waals surface area (Å²) in [5.41, 5.74) is 0.724. The molecule has 8 heteroatoms. The first kappa shape index (κ1) is 17.1. The summed E-state index contributed by atoms with van der Waals surface area (Å²) in [5.74, 6) is -3.43. The standard InChI is InChI=1S/C14H19F2NO4S/c1-10(18)8-12-9-21-7-6-17(12)11-2-4-13(5-3-11)22(19,20)14(15)16/h2-5,10,12,14,18H,6-9H2,1H3. The van der Waals surface area contributed by atoms with Crippen LogP contribution >= 0.6 is 0 Å². The van der Waals surface area contributed by atoms with E-state index in [0.717, 1.165) is 5.69 Å². The van der Waals surface area contributed by atoms with Gasteiger partial charge in [0.05, 0.1) is 30.3 Å². The van der Waals surface area contributed by atoms with E-state index in [1.807, 2.05) is 4.90 Å². The van der Waals surface area contributed by atoms with E-state index in [2.05, 4.69) is 0 Å². The number of sulfone groups is 1. The minimum absolute atomic E-state index is 0.0358. The molecule has 1 aliphatic rings. The fraction of sp³-hybridized carbons (Fsp3) is 0.571. The van der Waals surface area contributed by atoms with E-state index < -0.39 is 26.6 Å². The van der Waals surface area contributed by atoms with Crippen LogP contribution in [-0.2, 0) is 14.6 Å². The molecule has 124 valence electrons. The fourth-order valence-electron chi connectivity index (χ4n) is 2.51. The minimum Gasteiger partial charge on any atom is -0.393 e. The van der Waals surface area contributed by atoms with Gasteiger partial charge in [0.1, 0.15) is 0 Å². The van der Waals surface area contributed by atoms with Gasteiger partial charge in [0, 0.05) is 12.2 Å². The molecule has 1 saturated heterocycles. The third-order valence-electron chi connectivity index (χ3n) is 3.57. The number of alkyl halides is 2. The Kier molecular flexibility index (Phi) is 5.36. The molecule has 0 spiro atoms. The minimum atomic E-state index is -4.57. The number of ether oxygens (including phenoxy) is 1. The average Bonchev–Trinajstić information content (AvgIpc) is 2.47. The first-order valence-corrected chi connectivity index (χ1v) is 8.51. The van der Waals surface area contributed by atoms with Gasteiger partial charge in [-0.25, -0.2) is 8.42 Å². The number of anilines is 1. The number of hydrogen-bond acceptors (Lipinski definition) is 5. The zero-order chi connectivity index (χ0) is 16.3. The predicted octanol–water partition coefficient (Wildman–Crippen LogP) is 1.66. The number of hydrogen-bond donors (Lipinski definition) is 1. The molecule has 1 fully saturated rings. The van der Waals surface area contributed by atoms with Crippen LogP contribution in [0.1, 0.15) is 13.3 Å². The summed E-state index contributed by atoms with van der Waals surface area (Å²) in [5, 5.41) is 9.54. The highest BCUT2D eigenvalue weighted by Gasteiger charge is 2.28. The highest BCUT2D eigenvalue weighted by atomic mass is 32.2. The molecule has 1 aromatic carbocycles. The summed E-state index contributed by atoms with van der Waals surface area (Å²) < 4.78 is 53.3. The van der Waals surface area contributed by atoms with Crippen molar-refractivity contribution in [3.8, 4) is 0 Å². The Morgan fingerprint density at radius 2 is 2.00 bits per heavy atom. The van der Waals surface area contributed by atoms with Crippen LogP contribution in [0, 0.1) is 0 Å². The van der Waals surface area contributed by atoms with Gasteiger partial charge in [-0.05, 0) is 37.6 Å². The molecule has 0 saturated carbocycles. The maximum atomic E-state index is 12.5. The van der Waals surface area contributed by atoms with Crippen molar-refractivity contribution in [1.82, 2.24) is 0 Å². The normalized spacial score (nSPS) is 21.1. The van der Waals surface area contributed by atoms with Crippen molar-refractivity contribution in [1.29, 1.82) is 0 Å². The topological polar surface area (TPSA) is 66.8 Å². The third kappa shape index (κ3) is 3.74. The fourth-order valence-corrected chi connectivity index (χ4v) is 3.24. The van der Waals surface area contributed by atoms with Gasteiger partial charge in [0.25, 0.3) is 0 Å². The average molecular weight is 335 g/mol. The third-order valence-corrected chi connectivity index (χ3v) is 4.97. The van der Waals surface area contributed by atoms with E-state index in [0.29, 0.717) is 26.2 Å². The smallest absolute Gasteiger partial charge is 0.341 e. The molecule has 0 radical (unpaired) electrons. The molecular formula is C14H19F2NO4S. The quantitative estimate of drug-likeness (QED) is 0.886. The lowest BCUT2D eigenvalue weighted by molar-refractivity contribution is 0.0722. The predicted molar refractivity (Wildman–Crippen MR) is 77.9 cm³/mol. The Balaban J connectivity index is 2.21. The van der Waals surface area contributed by atoms with Gasteiger partial charge in [0.15, 0.2) is 0 Å². The SMILES string of the molecule is CC(O)CC1COCCN1c1ccc(S(=O)(=O)C(F)F)cc1. The van der Waals surface area contributed by atoms with Crippen LogP contribution in [0.25, 0.3) is 0 Å². The summed E-state index contributed by atoms with van der Waals surface area (Å²) in [6.07, 6.45) is 0.0181. The first-order valence-electron chi connectivity index (χ1n) is 6.97. The Labute approximate surface area is 128 Å². The monoisotopic (exact) mass is 335 g/mol. The van der Waals surface area contributed by atoms with Crippen molar-refractivity contribution in [3.63, 3.8) is 0 Å². The van der Waals surface area contributed by atoms with Crippen molar-refractivity contribution in [2.45, 2.75) is 36.1 Å². The molecule has 5 nitrogen and oxygen atoms in total. The molecule has 2 rings (SSSR count). The van der Waals surface area contributed by atoms with E-state index in [-0.39, 0.29) is 6.04 Å². The Morgan fingerprint density at radius 1 is 1.36 bits per heavy atom. The number of aliphatic hydroxyl groups excluding tert-OH is 1. The van der Waals surface area contributed by atoms with Gasteiger partial charge < -0.3 is 14.7 Å². The summed E-state index contributed by atoms with van der Waals surface area (Å²) in [6.45, 7) is 3.26. The van der Waals surface area contributed by atoms with Gasteiger partial charge in [-0.15, -0.1) is 0 Å². The van der Waals surface area contributed by atoms with Gasteiger partial charge in [0.2, 0.25) is 9.84 Å². The molecule has 0 aliphatic carbocycles. The maximum Gasteiger partial charge on any atom is 0.341 e. The lowest BCUT2D eigenvalue weighted by Crippen LogP contribution is -2.46. The number of aliphatic hydroxyl groups is 1. The van der Waals surface area contributed by atoms with E-state index in [4.69, 9.17) is 4.74 Å². The number of benzene rings is 1. The molecule has 1 aromatic rings. The molecule has 1 aliphatic heterocycles. The second-order valence-corrected chi connectivity index (χ2v) is 7.22. The van der Waals surface area contributed by atoms with Gasteiger partial charge in [-0.1, -0.05) is 0 Å². The van der Waals surface area contributed by atoms with Crippen molar-refractivity contribution in [3.05, 3.63) is 24.3 Å². The van der Waals surface area contributed by atoms with Crippen LogP contribution < -0.4 is 4.90 Å². The molecule has 1 heterocycles. The van der Waals surface area contributed by atoms with E-state index in [1.165, 1.54) is 24.3 Å². The summed E-state index contributed by atoms with van der Waals surface area (Å²) in [6, 6.07) is 5.36. The van der Waals surface area contributed by atoms with Crippen LogP contribution in [0.3, 0.4) is 0 Å². The zero-order valence-electron chi connectivity index (χ0n) is 12.2. The van der Waals surface area contributed by atoms with Crippen LogP contribution in [0.4, 0.5) is 14.5 Å². The summed E-state index contributed by atoms with van der Waals surface area (Å²) in [7, 11) is -4.57. The van der Waals surface area contributed by atoms with Crippen molar-refractivity contribution < 1.29 is 27.0 Å². The largest absolute Gasteiger partial charge is 0.393 e. The highest BCUT2D eigenvalue weighted by molar-refractivity contribution is 7.91. The van der Waals surface area contributed by atoms with Crippen molar-refractivity contribution >= 4 is 15.5 Å².